The average Bonchev–Trinajstić information content (AvgIpc) is 2.87. The molecule has 0 unspecified atom stereocenters. The lowest BCUT2D eigenvalue weighted by Crippen LogP contribution is -2.48. The molecular weight excluding hydrogens is 404 g/mol. The predicted molar refractivity (Wildman–Crippen MR) is 125 cm³/mol. The summed E-state index contributed by atoms with van der Waals surface area (Å²) in [5.41, 5.74) is 2.64. The Bertz CT molecular complexity index is 1030. The first kappa shape index (κ1) is 21.6. The van der Waals surface area contributed by atoms with Gasteiger partial charge in [0.25, 0.3) is 5.91 Å². The lowest BCUT2D eigenvalue weighted by atomic mass is 10.1. The molecule has 0 aliphatic carbocycles. The van der Waals surface area contributed by atoms with Gasteiger partial charge in [0.2, 0.25) is 0 Å². The van der Waals surface area contributed by atoms with E-state index in [0.29, 0.717) is 31.0 Å². The summed E-state index contributed by atoms with van der Waals surface area (Å²) in [5.74, 6) is 2.36. The van der Waals surface area contributed by atoms with E-state index in [1.807, 2.05) is 65.6 Å². The van der Waals surface area contributed by atoms with Crippen molar-refractivity contribution in [1.29, 1.82) is 0 Å². The van der Waals surface area contributed by atoms with E-state index in [0.717, 1.165) is 35.8 Å². The summed E-state index contributed by atoms with van der Waals surface area (Å²) in [5, 5.41) is 0. The molecule has 1 aliphatic rings. The van der Waals surface area contributed by atoms with Gasteiger partial charge in [0.15, 0.2) is 0 Å². The minimum absolute atomic E-state index is 0.0306. The molecule has 1 heterocycles. The molecule has 6 heteroatoms. The Morgan fingerprint density at radius 2 is 1.53 bits per heavy atom. The van der Waals surface area contributed by atoms with E-state index in [-0.39, 0.29) is 5.91 Å². The molecular formula is C26H28N2O4. The number of carbonyl (C=O) groups excluding carboxylic acids is 1. The average molecular weight is 433 g/mol. The molecule has 0 saturated carbocycles. The van der Waals surface area contributed by atoms with Crippen LogP contribution in [0.2, 0.25) is 0 Å². The van der Waals surface area contributed by atoms with E-state index in [9.17, 15) is 4.79 Å². The van der Waals surface area contributed by atoms with Crippen LogP contribution in [0.5, 0.6) is 17.2 Å². The fourth-order valence-electron chi connectivity index (χ4n) is 3.85. The largest absolute Gasteiger partial charge is 0.497 e. The number of rotatable bonds is 7. The third kappa shape index (κ3) is 4.97. The molecule has 0 radical (unpaired) electrons. The first-order valence-corrected chi connectivity index (χ1v) is 10.7. The zero-order valence-electron chi connectivity index (χ0n) is 18.5. The van der Waals surface area contributed by atoms with Crippen LogP contribution < -0.4 is 19.1 Å². The Morgan fingerprint density at radius 1 is 0.812 bits per heavy atom. The number of hydrogen-bond donors (Lipinski definition) is 0. The quantitative estimate of drug-likeness (QED) is 0.559. The Hall–Kier alpha value is -3.67. The fraction of sp³-hybridized carbons (Fsp3) is 0.269. The number of piperazine rings is 1. The molecule has 0 spiro atoms. The van der Waals surface area contributed by atoms with Gasteiger partial charge in [-0.3, -0.25) is 4.79 Å². The maximum atomic E-state index is 13.2. The van der Waals surface area contributed by atoms with Crippen molar-refractivity contribution in [3.63, 3.8) is 0 Å². The highest BCUT2D eigenvalue weighted by atomic mass is 16.5. The summed E-state index contributed by atoms with van der Waals surface area (Å²) in [4.78, 5) is 17.4. The van der Waals surface area contributed by atoms with E-state index in [1.54, 1.807) is 14.2 Å². The highest BCUT2D eigenvalue weighted by Gasteiger charge is 2.23. The molecule has 0 N–H and O–H groups in total. The van der Waals surface area contributed by atoms with Crippen LogP contribution in [0.25, 0.3) is 0 Å². The van der Waals surface area contributed by atoms with Crippen molar-refractivity contribution in [1.82, 2.24) is 4.90 Å². The Labute approximate surface area is 188 Å². The molecule has 3 aromatic rings. The summed E-state index contributed by atoms with van der Waals surface area (Å²) >= 11 is 0. The number of nitrogens with zero attached hydrogens (tertiary/aromatic N) is 2. The molecule has 6 nitrogen and oxygen atoms in total. The van der Waals surface area contributed by atoms with E-state index >= 15 is 0 Å². The van der Waals surface area contributed by atoms with Gasteiger partial charge in [-0.2, -0.15) is 0 Å². The van der Waals surface area contributed by atoms with Gasteiger partial charge in [-0.15, -0.1) is 0 Å². The fourth-order valence-corrected chi connectivity index (χ4v) is 3.85. The van der Waals surface area contributed by atoms with Gasteiger partial charge in [-0.1, -0.05) is 18.2 Å². The van der Waals surface area contributed by atoms with Crippen LogP contribution in [0.3, 0.4) is 0 Å². The van der Waals surface area contributed by atoms with Gasteiger partial charge < -0.3 is 24.0 Å². The van der Waals surface area contributed by atoms with Gasteiger partial charge in [-0.05, 0) is 54.6 Å². The van der Waals surface area contributed by atoms with Crippen molar-refractivity contribution in [2.24, 2.45) is 0 Å². The summed E-state index contributed by atoms with van der Waals surface area (Å²) in [6, 6.07) is 23.2. The summed E-state index contributed by atoms with van der Waals surface area (Å²) < 4.78 is 16.6. The highest BCUT2D eigenvalue weighted by Crippen LogP contribution is 2.24. The number of hydrogen-bond acceptors (Lipinski definition) is 5. The number of carbonyl (C=O) groups is 1. The van der Waals surface area contributed by atoms with Crippen molar-refractivity contribution in [3.05, 3.63) is 83.9 Å². The Balaban J connectivity index is 1.40. The minimum atomic E-state index is 0.0306. The van der Waals surface area contributed by atoms with Crippen LogP contribution in [-0.2, 0) is 6.61 Å². The van der Waals surface area contributed by atoms with Crippen molar-refractivity contribution >= 4 is 11.6 Å². The topological polar surface area (TPSA) is 51.2 Å². The molecule has 0 aromatic heterocycles. The monoisotopic (exact) mass is 432 g/mol. The summed E-state index contributed by atoms with van der Waals surface area (Å²) in [6.07, 6.45) is 0. The molecule has 0 atom stereocenters. The lowest BCUT2D eigenvalue weighted by Gasteiger charge is -2.36. The number of methoxy groups -OCH3 is 2. The van der Waals surface area contributed by atoms with Crippen molar-refractivity contribution in [2.45, 2.75) is 6.61 Å². The van der Waals surface area contributed by atoms with Crippen LogP contribution in [0, 0.1) is 0 Å². The Morgan fingerprint density at radius 3 is 2.19 bits per heavy atom. The SMILES string of the molecule is COc1ccc(N2CCN(C(=O)c3ccc(OC)c(COc4ccccc4)c3)CC2)cc1. The highest BCUT2D eigenvalue weighted by molar-refractivity contribution is 5.94. The van der Waals surface area contributed by atoms with Crippen molar-refractivity contribution in [3.8, 4) is 17.2 Å². The first-order valence-electron chi connectivity index (χ1n) is 10.7. The second-order valence-corrected chi connectivity index (χ2v) is 7.61. The molecule has 1 aliphatic heterocycles. The van der Waals surface area contributed by atoms with E-state index in [4.69, 9.17) is 14.2 Å². The lowest BCUT2D eigenvalue weighted by molar-refractivity contribution is 0.0746. The molecule has 1 fully saturated rings. The number of para-hydroxylation sites is 1. The molecule has 3 aromatic carbocycles. The maximum absolute atomic E-state index is 13.2. The smallest absolute Gasteiger partial charge is 0.253 e. The van der Waals surface area contributed by atoms with Crippen molar-refractivity contribution in [2.75, 3.05) is 45.3 Å². The minimum Gasteiger partial charge on any atom is -0.497 e. The Kier molecular flexibility index (Phi) is 6.80. The molecule has 1 saturated heterocycles. The van der Waals surface area contributed by atoms with Gasteiger partial charge >= 0.3 is 0 Å². The predicted octanol–water partition coefficient (Wildman–Crippen LogP) is 4.25. The first-order chi connectivity index (χ1) is 15.7. The van der Waals surface area contributed by atoms with Crippen LogP contribution in [-0.4, -0.2) is 51.2 Å². The standard InChI is InChI=1S/C26H28N2O4/c1-30-23-11-9-22(10-12-23)27-14-16-28(17-15-27)26(29)20-8-13-25(31-2)21(18-20)19-32-24-6-4-3-5-7-24/h3-13,18H,14-17,19H2,1-2H3. The summed E-state index contributed by atoms with van der Waals surface area (Å²) in [7, 11) is 3.29. The normalized spacial score (nSPS) is 13.6. The molecule has 32 heavy (non-hydrogen) atoms. The number of benzene rings is 3. The molecule has 166 valence electrons. The van der Waals surface area contributed by atoms with Crippen LogP contribution in [0.1, 0.15) is 15.9 Å². The third-order valence-corrected chi connectivity index (χ3v) is 5.67. The van der Waals surface area contributed by atoms with Gasteiger partial charge in [0.05, 0.1) is 14.2 Å². The number of amides is 1. The van der Waals surface area contributed by atoms with Gasteiger partial charge in [-0.25, -0.2) is 0 Å². The van der Waals surface area contributed by atoms with Gasteiger partial charge in [0, 0.05) is 43.0 Å². The van der Waals surface area contributed by atoms with E-state index < -0.39 is 0 Å². The second kappa shape index (κ2) is 10.1. The molecule has 1 amide bonds. The van der Waals surface area contributed by atoms with E-state index in [1.165, 1.54) is 0 Å². The number of ether oxygens (including phenoxy) is 3. The van der Waals surface area contributed by atoms with Crippen LogP contribution in [0.15, 0.2) is 72.8 Å². The molecule has 0 bridgehead atoms. The van der Waals surface area contributed by atoms with Crippen molar-refractivity contribution < 1.29 is 19.0 Å². The third-order valence-electron chi connectivity index (χ3n) is 5.67. The van der Waals surface area contributed by atoms with Crippen LogP contribution >= 0.6 is 0 Å². The summed E-state index contributed by atoms with van der Waals surface area (Å²) in [6.45, 7) is 3.26. The molecule has 4 rings (SSSR count). The second-order valence-electron chi connectivity index (χ2n) is 7.61. The van der Waals surface area contributed by atoms with Crippen LogP contribution in [0.4, 0.5) is 5.69 Å². The maximum Gasteiger partial charge on any atom is 0.253 e. The van der Waals surface area contributed by atoms with E-state index in [2.05, 4.69) is 17.0 Å². The number of anilines is 1. The zero-order valence-corrected chi connectivity index (χ0v) is 18.5. The zero-order chi connectivity index (χ0) is 22.3. The van der Waals surface area contributed by atoms with Gasteiger partial charge in [0.1, 0.15) is 23.9 Å².